The Hall–Kier alpha value is -3.42. The number of carbonyl (C=O) groups excluding carboxylic acids is 3. The van der Waals surface area contributed by atoms with E-state index in [4.69, 9.17) is 23.4 Å². The second kappa shape index (κ2) is 14.8. The molecule has 9 nitrogen and oxygen atoms in total. The fourth-order valence-electron chi connectivity index (χ4n) is 3.74. The highest BCUT2D eigenvalue weighted by molar-refractivity contribution is 6.74. The van der Waals surface area contributed by atoms with E-state index in [-0.39, 0.29) is 18.3 Å². The van der Waals surface area contributed by atoms with Gasteiger partial charge in [-0.05, 0) is 30.6 Å². The zero-order valence-corrected chi connectivity index (χ0v) is 26.4. The van der Waals surface area contributed by atoms with Gasteiger partial charge in [0, 0.05) is 12.7 Å². The lowest BCUT2D eigenvalue weighted by molar-refractivity contribution is -0.278. The SMILES string of the molecule is CCOC(=O)[C@@H](OC(=O)[C@@](OC)(c1ccccc1)C(F)(F)F)[C@@H](CO[Si](C)(C)C(C)(C)C)NC(=O)OCc1ccccc1. The van der Waals surface area contributed by atoms with Gasteiger partial charge >= 0.3 is 24.2 Å². The van der Waals surface area contributed by atoms with Crippen molar-refractivity contribution < 1.29 is 50.9 Å². The van der Waals surface area contributed by atoms with Crippen LogP contribution in [-0.2, 0) is 45.2 Å². The largest absolute Gasteiger partial charge is 0.463 e. The summed E-state index contributed by atoms with van der Waals surface area (Å²) >= 11 is 0. The minimum Gasteiger partial charge on any atom is -0.463 e. The molecule has 0 radical (unpaired) electrons. The molecule has 2 aromatic rings. The number of rotatable bonds is 13. The molecule has 2 rings (SSSR count). The number of methoxy groups -OCH3 is 1. The van der Waals surface area contributed by atoms with Crippen molar-refractivity contribution >= 4 is 26.3 Å². The molecular weight excluding hydrogens is 587 g/mol. The average molecular weight is 628 g/mol. The quantitative estimate of drug-likeness (QED) is 0.167. The van der Waals surface area contributed by atoms with Crippen LogP contribution in [0.25, 0.3) is 0 Å². The monoisotopic (exact) mass is 627 g/mol. The number of amides is 1. The highest BCUT2D eigenvalue weighted by atomic mass is 28.4. The Morgan fingerprint density at radius 2 is 1.47 bits per heavy atom. The fourth-order valence-corrected chi connectivity index (χ4v) is 4.77. The van der Waals surface area contributed by atoms with E-state index in [1.807, 2.05) is 33.9 Å². The molecule has 0 saturated heterocycles. The van der Waals surface area contributed by atoms with E-state index >= 15 is 0 Å². The Morgan fingerprint density at radius 1 is 0.907 bits per heavy atom. The Bertz CT molecular complexity index is 1210. The minimum absolute atomic E-state index is 0.138. The van der Waals surface area contributed by atoms with Gasteiger partial charge in [-0.2, -0.15) is 13.2 Å². The van der Waals surface area contributed by atoms with Gasteiger partial charge in [0.1, 0.15) is 12.6 Å². The smallest absolute Gasteiger partial charge is 0.432 e. The fraction of sp³-hybridized carbons (Fsp3) is 0.500. The molecule has 0 spiro atoms. The summed E-state index contributed by atoms with van der Waals surface area (Å²) < 4.78 is 70.3. The average Bonchev–Trinajstić information content (AvgIpc) is 2.93. The molecule has 0 heterocycles. The van der Waals surface area contributed by atoms with Crippen molar-refractivity contribution in [2.24, 2.45) is 0 Å². The minimum atomic E-state index is -5.30. The first kappa shape index (κ1) is 35.8. The standard InChI is InChI=1S/C30H40F3NO8Si/c1-8-39-25(35)24(42-26(36)29(38-5,30(31,32)33)22-17-13-10-14-18-22)23(20-41-43(6,7)28(2,3)4)34-27(37)40-19-21-15-11-9-12-16-21/h9-18,23-24H,8,19-20H2,1-7H3,(H,34,37)/t23-,24+,29+/m1/s1. The van der Waals surface area contributed by atoms with Crippen LogP contribution in [-0.4, -0.2) is 65.0 Å². The number of alkyl carbamates (subject to hydrolysis) is 1. The number of hydrogen-bond acceptors (Lipinski definition) is 8. The molecule has 1 N–H and O–H groups in total. The lowest BCUT2D eigenvalue weighted by Gasteiger charge is -2.38. The number of carbonyl (C=O) groups is 3. The predicted octanol–water partition coefficient (Wildman–Crippen LogP) is 5.88. The van der Waals surface area contributed by atoms with E-state index in [0.29, 0.717) is 12.7 Å². The lowest BCUT2D eigenvalue weighted by Crippen LogP contribution is -2.58. The summed E-state index contributed by atoms with van der Waals surface area (Å²) in [6, 6.07) is 13.4. The van der Waals surface area contributed by atoms with E-state index in [1.54, 1.807) is 30.3 Å². The maximum atomic E-state index is 14.6. The first-order valence-electron chi connectivity index (χ1n) is 13.7. The topological polar surface area (TPSA) is 109 Å². The lowest BCUT2D eigenvalue weighted by atomic mass is 9.92. The van der Waals surface area contributed by atoms with Crippen LogP contribution in [0, 0.1) is 0 Å². The van der Waals surface area contributed by atoms with E-state index in [0.717, 1.165) is 12.1 Å². The van der Waals surface area contributed by atoms with Gasteiger partial charge in [-0.15, -0.1) is 0 Å². The number of ether oxygens (including phenoxy) is 4. The molecule has 0 fully saturated rings. The molecule has 0 aliphatic rings. The molecule has 0 aromatic heterocycles. The van der Waals surface area contributed by atoms with Crippen molar-refractivity contribution in [1.29, 1.82) is 0 Å². The molecule has 43 heavy (non-hydrogen) atoms. The third-order valence-corrected chi connectivity index (χ3v) is 11.7. The summed E-state index contributed by atoms with van der Waals surface area (Å²) in [6.07, 6.45) is -8.37. The first-order chi connectivity index (χ1) is 20.0. The number of benzene rings is 2. The zero-order chi connectivity index (χ0) is 32.5. The predicted molar refractivity (Wildman–Crippen MR) is 154 cm³/mol. The van der Waals surface area contributed by atoms with Crippen LogP contribution in [0.5, 0.6) is 0 Å². The summed E-state index contributed by atoms with van der Waals surface area (Å²) in [6.45, 7) is 10.4. The van der Waals surface area contributed by atoms with Crippen LogP contribution >= 0.6 is 0 Å². The van der Waals surface area contributed by atoms with Crippen LogP contribution in [0.15, 0.2) is 60.7 Å². The molecule has 0 saturated carbocycles. The van der Waals surface area contributed by atoms with E-state index in [2.05, 4.69) is 5.32 Å². The van der Waals surface area contributed by atoms with Crippen molar-refractivity contribution in [1.82, 2.24) is 5.32 Å². The maximum absolute atomic E-state index is 14.6. The van der Waals surface area contributed by atoms with Crippen molar-refractivity contribution in [2.45, 2.75) is 76.4 Å². The van der Waals surface area contributed by atoms with Crippen molar-refractivity contribution in [3.8, 4) is 0 Å². The zero-order valence-electron chi connectivity index (χ0n) is 25.4. The number of hydrogen-bond donors (Lipinski definition) is 1. The molecule has 2 aromatic carbocycles. The van der Waals surface area contributed by atoms with Gasteiger partial charge in [0.2, 0.25) is 6.10 Å². The van der Waals surface area contributed by atoms with Crippen LogP contribution in [0.3, 0.4) is 0 Å². The van der Waals surface area contributed by atoms with Gasteiger partial charge in [0.25, 0.3) is 5.60 Å². The highest BCUT2D eigenvalue weighted by Crippen LogP contribution is 2.43. The third-order valence-electron chi connectivity index (χ3n) is 7.24. The second-order valence-corrected chi connectivity index (χ2v) is 16.0. The first-order valence-corrected chi connectivity index (χ1v) is 16.6. The number of alkyl halides is 3. The normalized spacial score (nSPS) is 15.0. The molecule has 3 atom stereocenters. The second-order valence-electron chi connectivity index (χ2n) is 11.2. The van der Waals surface area contributed by atoms with Gasteiger partial charge < -0.3 is 28.7 Å². The van der Waals surface area contributed by atoms with Gasteiger partial charge in [-0.25, -0.2) is 14.4 Å². The number of halogens is 3. The summed E-state index contributed by atoms with van der Waals surface area (Å²) in [4.78, 5) is 39.5. The molecule has 0 aliphatic carbocycles. The molecule has 0 unspecified atom stereocenters. The van der Waals surface area contributed by atoms with E-state index < -0.39 is 62.4 Å². The number of nitrogens with one attached hydrogen (secondary N) is 1. The Labute approximate surface area is 251 Å². The van der Waals surface area contributed by atoms with Crippen LogP contribution in [0.2, 0.25) is 18.1 Å². The molecule has 238 valence electrons. The van der Waals surface area contributed by atoms with E-state index in [1.165, 1.54) is 25.1 Å². The van der Waals surface area contributed by atoms with E-state index in [9.17, 15) is 27.6 Å². The Morgan fingerprint density at radius 3 is 1.95 bits per heavy atom. The van der Waals surface area contributed by atoms with Crippen LogP contribution in [0.4, 0.5) is 18.0 Å². The van der Waals surface area contributed by atoms with Gasteiger partial charge in [0.05, 0.1) is 13.2 Å². The third kappa shape index (κ3) is 9.04. The molecule has 13 heteroatoms. The summed E-state index contributed by atoms with van der Waals surface area (Å²) in [7, 11) is -1.84. The molecule has 0 bridgehead atoms. The molecular formula is C30H40F3NO8Si. The summed E-state index contributed by atoms with van der Waals surface area (Å²) in [5.41, 5.74) is -3.49. The Balaban J connectivity index is 2.50. The summed E-state index contributed by atoms with van der Waals surface area (Å²) in [5.74, 6) is -3.12. The van der Waals surface area contributed by atoms with Crippen molar-refractivity contribution in [3.63, 3.8) is 0 Å². The van der Waals surface area contributed by atoms with Crippen molar-refractivity contribution in [3.05, 3.63) is 71.8 Å². The maximum Gasteiger partial charge on any atom is 0.432 e. The van der Waals surface area contributed by atoms with Crippen LogP contribution in [0.1, 0.15) is 38.8 Å². The van der Waals surface area contributed by atoms with Gasteiger partial charge in [-0.1, -0.05) is 81.4 Å². The molecule has 0 aliphatic heterocycles. The van der Waals surface area contributed by atoms with Crippen molar-refractivity contribution in [2.75, 3.05) is 20.3 Å². The number of esters is 2. The summed E-state index contributed by atoms with van der Waals surface area (Å²) in [5, 5.41) is 2.13. The van der Waals surface area contributed by atoms with Gasteiger partial charge in [-0.3, -0.25) is 0 Å². The highest BCUT2D eigenvalue weighted by Gasteiger charge is 2.65. The Kier molecular flexibility index (Phi) is 12.3. The van der Waals surface area contributed by atoms with Gasteiger partial charge in [0.15, 0.2) is 8.32 Å². The van der Waals surface area contributed by atoms with Crippen LogP contribution < -0.4 is 5.32 Å². The molecule has 1 amide bonds.